The molecule has 1 heterocycles. The molecule has 0 atom stereocenters. The SMILES string of the molecule is Cc1ccc(-c2oc(=O)c(Cl)nc2Cl)cc1. The quantitative estimate of drug-likeness (QED) is 0.786. The molecule has 1 aromatic carbocycles. The van der Waals surface area contributed by atoms with E-state index in [9.17, 15) is 4.79 Å². The van der Waals surface area contributed by atoms with Crippen molar-refractivity contribution in [3.05, 3.63) is 50.6 Å². The Bertz CT molecular complexity index is 576. The van der Waals surface area contributed by atoms with Gasteiger partial charge in [-0.3, -0.25) is 0 Å². The van der Waals surface area contributed by atoms with Crippen LogP contribution in [0.5, 0.6) is 0 Å². The van der Waals surface area contributed by atoms with Crippen LogP contribution in [-0.4, -0.2) is 4.98 Å². The van der Waals surface area contributed by atoms with Crippen LogP contribution in [0.2, 0.25) is 10.3 Å². The van der Waals surface area contributed by atoms with Crippen molar-refractivity contribution in [3.63, 3.8) is 0 Å². The van der Waals surface area contributed by atoms with Gasteiger partial charge in [0.05, 0.1) is 0 Å². The van der Waals surface area contributed by atoms with Crippen LogP contribution in [0.25, 0.3) is 11.3 Å². The predicted octanol–water partition coefficient (Wildman–Crippen LogP) is 3.32. The molecule has 0 saturated heterocycles. The van der Waals surface area contributed by atoms with Crippen molar-refractivity contribution < 1.29 is 4.42 Å². The van der Waals surface area contributed by atoms with Crippen molar-refractivity contribution in [1.29, 1.82) is 0 Å². The van der Waals surface area contributed by atoms with Crippen LogP contribution in [0.1, 0.15) is 5.56 Å². The third kappa shape index (κ3) is 2.10. The Hall–Kier alpha value is -1.32. The maximum atomic E-state index is 11.2. The third-order valence-electron chi connectivity index (χ3n) is 2.06. The molecule has 0 spiro atoms. The summed E-state index contributed by atoms with van der Waals surface area (Å²) in [7, 11) is 0. The second-order valence-corrected chi connectivity index (χ2v) is 3.99. The molecule has 0 fully saturated rings. The number of aryl methyl sites for hydroxylation is 1. The van der Waals surface area contributed by atoms with Gasteiger partial charge in [0.2, 0.25) is 5.15 Å². The van der Waals surface area contributed by atoms with Crippen LogP contribution in [0, 0.1) is 6.92 Å². The van der Waals surface area contributed by atoms with Crippen LogP contribution < -0.4 is 5.63 Å². The van der Waals surface area contributed by atoms with Gasteiger partial charge in [-0.25, -0.2) is 9.78 Å². The number of hydrogen-bond donors (Lipinski definition) is 0. The summed E-state index contributed by atoms with van der Waals surface area (Å²) in [5.41, 5.74) is 1.10. The topological polar surface area (TPSA) is 43.1 Å². The molecular formula is C11H7Cl2NO2. The minimum absolute atomic E-state index is 0.0773. The maximum absolute atomic E-state index is 11.2. The summed E-state index contributed by atoms with van der Waals surface area (Å²) >= 11 is 11.3. The van der Waals surface area contributed by atoms with Gasteiger partial charge in [0, 0.05) is 5.56 Å². The van der Waals surface area contributed by atoms with Gasteiger partial charge >= 0.3 is 5.63 Å². The molecule has 0 bridgehead atoms. The number of benzene rings is 1. The Balaban J connectivity index is 2.60. The van der Waals surface area contributed by atoms with E-state index in [1.807, 2.05) is 19.1 Å². The van der Waals surface area contributed by atoms with Crippen molar-refractivity contribution in [2.45, 2.75) is 6.92 Å². The molecule has 0 N–H and O–H groups in total. The van der Waals surface area contributed by atoms with Crippen LogP contribution in [0.3, 0.4) is 0 Å². The Morgan fingerprint density at radius 3 is 2.38 bits per heavy atom. The van der Waals surface area contributed by atoms with Gasteiger partial charge in [-0.1, -0.05) is 53.0 Å². The average molecular weight is 256 g/mol. The second kappa shape index (κ2) is 4.28. The summed E-state index contributed by atoms with van der Waals surface area (Å²) in [6.07, 6.45) is 0. The molecule has 0 unspecified atom stereocenters. The van der Waals surface area contributed by atoms with Gasteiger partial charge in [0.1, 0.15) is 0 Å². The summed E-state index contributed by atoms with van der Waals surface area (Å²) in [5, 5.41) is -0.186. The Morgan fingerprint density at radius 2 is 1.75 bits per heavy atom. The van der Waals surface area contributed by atoms with Crippen molar-refractivity contribution in [2.75, 3.05) is 0 Å². The van der Waals surface area contributed by atoms with E-state index in [0.29, 0.717) is 5.56 Å². The van der Waals surface area contributed by atoms with Gasteiger partial charge in [-0.2, -0.15) is 0 Å². The van der Waals surface area contributed by atoms with Crippen LogP contribution in [0.15, 0.2) is 33.5 Å². The zero-order valence-corrected chi connectivity index (χ0v) is 9.84. The minimum atomic E-state index is -0.693. The van der Waals surface area contributed by atoms with E-state index in [-0.39, 0.29) is 16.1 Å². The van der Waals surface area contributed by atoms with Crippen molar-refractivity contribution >= 4 is 23.2 Å². The lowest BCUT2D eigenvalue weighted by molar-refractivity contribution is 0.518. The molecule has 16 heavy (non-hydrogen) atoms. The molecule has 0 aliphatic carbocycles. The van der Waals surface area contributed by atoms with Crippen LogP contribution in [-0.2, 0) is 0 Å². The zero-order chi connectivity index (χ0) is 11.7. The molecule has 2 aromatic rings. The molecule has 2 rings (SSSR count). The fourth-order valence-corrected chi connectivity index (χ4v) is 1.64. The molecular weight excluding hydrogens is 249 g/mol. The lowest BCUT2D eigenvalue weighted by Crippen LogP contribution is -2.03. The van der Waals surface area contributed by atoms with Gasteiger partial charge < -0.3 is 4.42 Å². The molecule has 0 saturated carbocycles. The first-order valence-electron chi connectivity index (χ1n) is 4.51. The highest BCUT2D eigenvalue weighted by atomic mass is 35.5. The lowest BCUT2D eigenvalue weighted by Gasteiger charge is -2.02. The van der Waals surface area contributed by atoms with Gasteiger partial charge in [0.15, 0.2) is 10.9 Å². The number of aromatic nitrogens is 1. The third-order valence-corrected chi connectivity index (χ3v) is 2.56. The van der Waals surface area contributed by atoms with Crippen LogP contribution in [0.4, 0.5) is 0 Å². The standard InChI is InChI=1S/C11H7Cl2NO2/c1-6-2-4-7(5-3-6)8-9(12)14-10(13)11(15)16-8/h2-5H,1H3. The van der Waals surface area contributed by atoms with E-state index in [1.54, 1.807) is 12.1 Å². The molecule has 82 valence electrons. The smallest absolute Gasteiger partial charge is 0.374 e. The zero-order valence-electron chi connectivity index (χ0n) is 8.33. The van der Waals surface area contributed by atoms with E-state index >= 15 is 0 Å². The van der Waals surface area contributed by atoms with E-state index in [0.717, 1.165) is 5.56 Å². The molecule has 1 aromatic heterocycles. The highest BCUT2D eigenvalue weighted by Crippen LogP contribution is 2.25. The Morgan fingerprint density at radius 1 is 1.12 bits per heavy atom. The Kier molecular flexibility index (Phi) is 2.99. The predicted molar refractivity (Wildman–Crippen MR) is 63.0 cm³/mol. The molecule has 0 amide bonds. The van der Waals surface area contributed by atoms with Crippen molar-refractivity contribution in [1.82, 2.24) is 4.98 Å². The number of nitrogens with zero attached hydrogens (tertiary/aromatic N) is 1. The first kappa shape index (κ1) is 11.2. The lowest BCUT2D eigenvalue weighted by atomic mass is 10.1. The van der Waals surface area contributed by atoms with E-state index in [1.165, 1.54) is 0 Å². The highest BCUT2D eigenvalue weighted by Gasteiger charge is 2.11. The minimum Gasteiger partial charge on any atom is -0.417 e. The van der Waals surface area contributed by atoms with Gasteiger partial charge in [0.25, 0.3) is 0 Å². The highest BCUT2D eigenvalue weighted by molar-refractivity contribution is 6.33. The first-order valence-corrected chi connectivity index (χ1v) is 5.26. The maximum Gasteiger partial charge on any atom is 0.374 e. The molecule has 0 aliphatic rings. The largest absolute Gasteiger partial charge is 0.417 e. The molecule has 5 heteroatoms. The number of rotatable bonds is 1. The fraction of sp³-hybridized carbons (Fsp3) is 0.0909. The van der Waals surface area contributed by atoms with E-state index in [2.05, 4.69) is 4.98 Å². The molecule has 0 radical (unpaired) electrons. The number of halogens is 2. The summed E-state index contributed by atoms with van der Waals surface area (Å²) in [6.45, 7) is 1.96. The molecule has 0 aliphatic heterocycles. The second-order valence-electron chi connectivity index (χ2n) is 3.28. The summed E-state index contributed by atoms with van der Waals surface area (Å²) < 4.78 is 4.98. The Labute approximate surface area is 102 Å². The summed E-state index contributed by atoms with van der Waals surface area (Å²) in [4.78, 5) is 14.9. The monoisotopic (exact) mass is 255 g/mol. The van der Waals surface area contributed by atoms with E-state index < -0.39 is 5.63 Å². The van der Waals surface area contributed by atoms with Gasteiger partial charge in [-0.15, -0.1) is 0 Å². The normalized spacial score (nSPS) is 10.4. The summed E-state index contributed by atoms with van der Waals surface area (Å²) in [6, 6.07) is 7.38. The van der Waals surface area contributed by atoms with Gasteiger partial charge in [-0.05, 0) is 6.92 Å². The van der Waals surface area contributed by atoms with Crippen molar-refractivity contribution in [2.24, 2.45) is 0 Å². The van der Waals surface area contributed by atoms with E-state index in [4.69, 9.17) is 27.6 Å². The first-order chi connectivity index (χ1) is 7.58. The van der Waals surface area contributed by atoms with Crippen LogP contribution >= 0.6 is 23.2 Å². The average Bonchev–Trinajstić information content (AvgIpc) is 2.25. The summed E-state index contributed by atoms with van der Waals surface area (Å²) in [5.74, 6) is 0.232. The molecule has 3 nitrogen and oxygen atoms in total. The van der Waals surface area contributed by atoms with Crippen molar-refractivity contribution in [3.8, 4) is 11.3 Å². The number of hydrogen-bond acceptors (Lipinski definition) is 3. The fourth-order valence-electron chi connectivity index (χ4n) is 1.24.